The van der Waals surface area contributed by atoms with Crippen LogP contribution in [-0.4, -0.2) is 43.2 Å². The van der Waals surface area contributed by atoms with E-state index in [-0.39, 0.29) is 6.10 Å². The summed E-state index contributed by atoms with van der Waals surface area (Å²) in [4.78, 5) is 6.72. The van der Waals surface area contributed by atoms with Crippen molar-refractivity contribution in [3.05, 3.63) is 0 Å². The van der Waals surface area contributed by atoms with Crippen LogP contribution in [-0.2, 0) is 4.74 Å². The Bertz CT molecular complexity index is 314. The summed E-state index contributed by atoms with van der Waals surface area (Å²) in [6.45, 7) is 5.57. The molecule has 0 spiro atoms. The van der Waals surface area contributed by atoms with E-state index < -0.39 is 0 Å². The lowest BCUT2D eigenvalue weighted by atomic mass is 10.2. The van der Waals surface area contributed by atoms with Crippen molar-refractivity contribution in [2.45, 2.75) is 32.3 Å². The standard InChI is InChI=1S/C13H23N3O/c1-9-8-16(4-5-17-9)13(14)15-7-11-6-12(11)10-2-3-10/h9-12H,2-8H2,1H3,(H2,14,15)/t9?,11-,12-/m0/s1. The van der Waals surface area contributed by atoms with Gasteiger partial charge >= 0.3 is 0 Å². The minimum absolute atomic E-state index is 0.276. The van der Waals surface area contributed by atoms with Crippen LogP contribution in [0.1, 0.15) is 26.2 Å². The Balaban J connectivity index is 1.46. The van der Waals surface area contributed by atoms with Gasteiger partial charge in [-0.3, -0.25) is 4.99 Å². The van der Waals surface area contributed by atoms with Crippen molar-refractivity contribution in [2.24, 2.45) is 28.5 Å². The van der Waals surface area contributed by atoms with Crippen LogP contribution in [0.15, 0.2) is 4.99 Å². The third-order valence-electron chi connectivity index (χ3n) is 4.26. The maximum absolute atomic E-state index is 6.04. The molecule has 0 bridgehead atoms. The molecule has 4 nitrogen and oxygen atoms in total. The number of hydrogen-bond acceptors (Lipinski definition) is 2. The first-order valence-corrected chi connectivity index (χ1v) is 6.90. The minimum Gasteiger partial charge on any atom is -0.375 e. The van der Waals surface area contributed by atoms with E-state index in [0.29, 0.717) is 0 Å². The fourth-order valence-electron chi connectivity index (χ4n) is 2.92. The second kappa shape index (κ2) is 4.48. The first-order valence-electron chi connectivity index (χ1n) is 6.90. The van der Waals surface area contributed by atoms with Crippen LogP contribution >= 0.6 is 0 Å². The van der Waals surface area contributed by atoms with Gasteiger partial charge in [0.25, 0.3) is 0 Å². The molecule has 3 aliphatic rings. The Morgan fingerprint density at radius 1 is 1.47 bits per heavy atom. The molecule has 96 valence electrons. The van der Waals surface area contributed by atoms with Crippen LogP contribution in [0.3, 0.4) is 0 Å². The number of hydrogen-bond donors (Lipinski definition) is 1. The highest BCUT2D eigenvalue weighted by molar-refractivity contribution is 5.78. The largest absolute Gasteiger partial charge is 0.375 e. The zero-order valence-electron chi connectivity index (χ0n) is 10.6. The van der Waals surface area contributed by atoms with E-state index in [0.717, 1.165) is 50.0 Å². The highest BCUT2D eigenvalue weighted by Crippen LogP contribution is 2.54. The van der Waals surface area contributed by atoms with Gasteiger partial charge in [0.15, 0.2) is 5.96 Å². The van der Waals surface area contributed by atoms with Gasteiger partial charge in [-0.15, -0.1) is 0 Å². The molecular weight excluding hydrogens is 214 g/mol. The van der Waals surface area contributed by atoms with E-state index >= 15 is 0 Å². The molecule has 2 aliphatic carbocycles. The van der Waals surface area contributed by atoms with Gasteiger partial charge in [0.2, 0.25) is 0 Å². The molecule has 2 N–H and O–H groups in total. The molecule has 1 heterocycles. The molecule has 0 aromatic heterocycles. The van der Waals surface area contributed by atoms with Gasteiger partial charge in [0.1, 0.15) is 0 Å². The van der Waals surface area contributed by atoms with Crippen molar-refractivity contribution < 1.29 is 4.74 Å². The maximum atomic E-state index is 6.04. The molecule has 1 saturated heterocycles. The molecule has 0 radical (unpaired) electrons. The van der Waals surface area contributed by atoms with E-state index in [4.69, 9.17) is 10.5 Å². The van der Waals surface area contributed by atoms with Crippen molar-refractivity contribution in [3.8, 4) is 0 Å². The quantitative estimate of drug-likeness (QED) is 0.590. The van der Waals surface area contributed by atoms with Crippen molar-refractivity contribution in [3.63, 3.8) is 0 Å². The lowest BCUT2D eigenvalue weighted by Crippen LogP contribution is -2.48. The number of morpholine rings is 1. The van der Waals surface area contributed by atoms with E-state index in [1.165, 1.54) is 19.3 Å². The smallest absolute Gasteiger partial charge is 0.191 e. The third-order valence-corrected chi connectivity index (χ3v) is 4.26. The summed E-state index contributed by atoms with van der Waals surface area (Å²) in [5.74, 6) is 3.58. The SMILES string of the molecule is CC1CN(C(N)=NC[C@@H]2C[C@H]2C2CC2)CCO1. The Kier molecular flexibility index (Phi) is 2.99. The molecular formula is C13H23N3O. The van der Waals surface area contributed by atoms with Gasteiger partial charge in [-0.1, -0.05) is 0 Å². The lowest BCUT2D eigenvalue weighted by molar-refractivity contribution is 0.00529. The van der Waals surface area contributed by atoms with Gasteiger partial charge < -0.3 is 15.4 Å². The topological polar surface area (TPSA) is 50.8 Å². The van der Waals surface area contributed by atoms with Gasteiger partial charge in [0.05, 0.1) is 12.7 Å². The predicted molar refractivity (Wildman–Crippen MR) is 67.8 cm³/mol. The monoisotopic (exact) mass is 237 g/mol. The fraction of sp³-hybridized carbons (Fsp3) is 0.923. The summed E-state index contributed by atoms with van der Waals surface area (Å²) in [5.41, 5.74) is 6.04. The van der Waals surface area contributed by atoms with E-state index in [2.05, 4.69) is 16.8 Å². The molecule has 0 amide bonds. The minimum atomic E-state index is 0.276. The molecule has 3 rings (SSSR count). The summed E-state index contributed by atoms with van der Waals surface area (Å²) >= 11 is 0. The first-order chi connectivity index (χ1) is 8.24. The molecule has 0 aromatic carbocycles. The molecule has 1 aliphatic heterocycles. The number of nitrogens with two attached hydrogens (primary N) is 1. The Hall–Kier alpha value is -0.770. The van der Waals surface area contributed by atoms with Gasteiger partial charge in [-0.05, 0) is 43.9 Å². The molecule has 3 atom stereocenters. The summed E-state index contributed by atoms with van der Waals surface area (Å²) in [5, 5.41) is 0. The first kappa shape index (κ1) is 11.3. The Labute approximate surface area is 103 Å². The van der Waals surface area contributed by atoms with E-state index in [9.17, 15) is 0 Å². The summed E-state index contributed by atoms with van der Waals surface area (Å²) in [6.07, 6.45) is 4.58. The van der Waals surface area contributed by atoms with Crippen LogP contribution < -0.4 is 5.73 Å². The fourth-order valence-corrected chi connectivity index (χ4v) is 2.92. The molecule has 3 fully saturated rings. The van der Waals surface area contributed by atoms with Crippen LogP contribution in [0, 0.1) is 17.8 Å². The van der Waals surface area contributed by atoms with Gasteiger partial charge in [-0.25, -0.2) is 0 Å². The third kappa shape index (κ3) is 2.73. The van der Waals surface area contributed by atoms with Gasteiger partial charge in [-0.2, -0.15) is 0 Å². The van der Waals surface area contributed by atoms with Crippen LogP contribution in [0.2, 0.25) is 0 Å². The number of guanidine groups is 1. The zero-order chi connectivity index (χ0) is 11.8. The predicted octanol–water partition coefficient (Wildman–Crippen LogP) is 1.07. The van der Waals surface area contributed by atoms with Crippen LogP contribution in [0.5, 0.6) is 0 Å². The number of nitrogens with zero attached hydrogens (tertiary/aromatic N) is 2. The number of ether oxygens (including phenoxy) is 1. The molecule has 2 saturated carbocycles. The van der Waals surface area contributed by atoms with Crippen LogP contribution in [0.25, 0.3) is 0 Å². The van der Waals surface area contributed by atoms with Crippen molar-refractivity contribution in [1.29, 1.82) is 0 Å². The van der Waals surface area contributed by atoms with Crippen LogP contribution in [0.4, 0.5) is 0 Å². The summed E-state index contributed by atoms with van der Waals surface area (Å²) in [7, 11) is 0. The maximum Gasteiger partial charge on any atom is 0.191 e. The average Bonchev–Trinajstić information content (AvgIpc) is 3.16. The van der Waals surface area contributed by atoms with E-state index in [1.54, 1.807) is 0 Å². The van der Waals surface area contributed by atoms with Crippen molar-refractivity contribution >= 4 is 5.96 Å². The molecule has 0 aromatic rings. The normalized spacial score (nSPS) is 38.3. The van der Waals surface area contributed by atoms with Crippen molar-refractivity contribution in [2.75, 3.05) is 26.2 Å². The highest BCUT2D eigenvalue weighted by Gasteiger charge is 2.46. The molecule has 1 unspecified atom stereocenters. The summed E-state index contributed by atoms with van der Waals surface area (Å²) in [6, 6.07) is 0. The van der Waals surface area contributed by atoms with E-state index in [1.807, 2.05) is 0 Å². The van der Waals surface area contributed by atoms with Crippen molar-refractivity contribution in [1.82, 2.24) is 4.90 Å². The zero-order valence-corrected chi connectivity index (χ0v) is 10.6. The number of rotatable bonds is 3. The highest BCUT2D eigenvalue weighted by atomic mass is 16.5. The second-order valence-corrected chi connectivity index (χ2v) is 5.82. The molecule has 17 heavy (non-hydrogen) atoms. The lowest BCUT2D eigenvalue weighted by Gasteiger charge is -2.31. The Morgan fingerprint density at radius 2 is 2.29 bits per heavy atom. The Morgan fingerprint density at radius 3 is 3.00 bits per heavy atom. The average molecular weight is 237 g/mol. The molecule has 4 heteroatoms. The number of aliphatic imine (C=N–C) groups is 1. The van der Waals surface area contributed by atoms with Gasteiger partial charge in [0, 0.05) is 19.6 Å². The second-order valence-electron chi connectivity index (χ2n) is 5.82. The summed E-state index contributed by atoms with van der Waals surface area (Å²) < 4.78 is 5.50.